The lowest BCUT2D eigenvalue weighted by Gasteiger charge is -2.09. The Balaban J connectivity index is 1.51. The van der Waals surface area contributed by atoms with Crippen molar-refractivity contribution in [3.8, 4) is 22.8 Å². The SMILES string of the molecule is Cc1nn(C)c2nc(-c3ccco3)cc(C(=O)Nc3cnc(-c4ccccc4)nc3)c12. The molecule has 5 rings (SSSR count). The molecule has 0 radical (unpaired) electrons. The van der Waals surface area contributed by atoms with Crippen molar-refractivity contribution in [3.05, 3.63) is 78.4 Å². The maximum atomic E-state index is 13.2. The molecule has 1 amide bonds. The first kappa shape index (κ1) is 18.7. The van der Waals surface area contributed by atoms with Crippen molar-refractivity contribution in [2.75, 3.05) is 5.32 Å². The number of anilines is 1. The largest absolute Gasteiger partial charge is 0.463 e. The highest BCUT2D eigenvalue weighted by atomic mass is 16.3. The fraction of sp³-hybridized carbons (Fsp3) is 0.0870. The highest BCUT2D eigenvalue weighted by Gasteiger charge is 2.20. The van der Waals surface area contributed by atoms with Gasteiger partial charge in [-0.05, 0) is 25.1 Å². The van der Waals surface area contributed by atoms with Crippen molar-refractivity contribution in [2.45, 2.75) is 6.92 Å². The van der Waals surface area contributed by atoms with E-state index in [1.807, 2.05) is 37.3 Å². The number of carbonyl (C=O) groups excluding carboxylic acids is 1. The van der Waals surface area contributed by atoms with Crippen LogP contribution in [0.25, 0.3) is 33.9 Å². The predicted octanol–water partition coefficient (Wildman–Crippen LogP) is 4.25. The molecule has 0 unspecified atom stereocenters. The molecule has 4 aromatic heterocycles. The third-order valence-corrected chi connectivity index (χ3v) is 4.93. The van der Waals surface area contributed by atoms with Gasteiger partial charge in [-0.3, -0.25) is 9.48 Å². The normalized spacial score (nSPS) is 11.0. The number of aromatic nitrogens is 5. The minimum Gasteiger partial charge on any atom is -0.463 e. The van der Waals surface area contributed by atoms with Gasteiger partial charge in [0.2, 0.25) is 0 Å². The van der Waals surface area contributed by atoms with Crippen LogP contribution in [0, 0.1) is 6.92 Å². The molecule has 0 bridgehead atoms. The molecule has 0 aliphatic carbocycles. The molecule has 0 aliphatic rings. The Morgan fingerprint density at radius 3 is 2.55 bits per heavy atom. The number of benzene rings is 1. The summed E-state index contributed by atoms with van der Waals surface area (Å²) in [7, 11) is 1.80. The zero-order valence-corrected chi connectivity index (χ0v) is 16.9. The standard InChI is InChI=1S/C23H18N6O2/c1-14-20-17(11-18(19-9-6-10-31-19)27-22(20)29(2)28-14)23(30)26-16-12-24-21(25-13-16)15-7-4-3-5-8-15/h3-13H,1-2H3,(H,26,30). The fourth-order valence-electron chi connectivity index (χ4n) is 3.50. The van der Waals surface area contributed by atoms with Crippen molar-refractivity contribution in [1.29, 1.82) is 0 Å². The first-order valence-electron chi connectivity index (χ1n) is 9.67. The molecular formula is C23H18N6O2. The van der Waals surface area contributed by atoms with E-state index in [0.29, 0.717) is 39.6 Å². The first-order chi connectivity index (χ1) is 15.1. The summed E-state index contributed by atoms with van der Waals surface area (Å²) in [5, 5.41) is 8.00. The number of nitrogens with one attached hydrogen (secondary N) is 1. The molecule has 0 spiro atoms. The van der Waals surface area contributed by atoms with Crippen LogP contribution in [0.4, 0.5) is 5.69 Å². The van der Waals surface area contributed by atoms with Crippen molar-refractivity contribution in [2.24, 2.45) is 7.05 Å². The predicted molar refractivity (Wildman–Crippen MR) is 116 cm³/mol. The van der Waals surface area contributed by atoms with Gasteiger partial charge in [-0.1, -0.05) is 30.3 Å². The van der Waals surface area contributed by atoms with Crippen molar-refractivity contribution < 1.29 is 9.21 Å². The summed E-state index contributed by atoms with van der Waals surface area (Å²) in [6.45, 7) is 1.85. The van der Waals surface area contributed by atoms with Crippen LogP contribution in [0.5, 0.6) is 0 Å². The maximum Gasteiger partial charge on any atom is 0.256 e. The molecule has 5 aromatic rings. The Bertz CT molecular complexity index is 1370. The zero-order chi connectivity index (χ0) is 21.4. The lowest BCUT2D eigenvalue weighted by Crippen LogP contribution is -2.14. The third-order valence-electron chi connectivity index (χ3n) is 4.93. The Kier molecular flexibility index (Phi) is 4.51. The van der Waals surface area contributed by atoms with Gasteiger partial charge in [0.25, 0.3) is 5.91 Å². The van der Waals surface area contributed by atoms with Gasteiger partial charge >= 0.3 is 0 Å². The van der Waals surface area contributed by atoms with E-state index in [2.05, 4.69) is 25.4 Å². The zero-order valence-electron chi connectivity index (χ0n) is 16.9. The van der Waals surface area contributed by atoms with Crippen molar-refractivity contribution in [1.82, 2.24) is 24.7 Å². The highest BCUT2D eigenvalue weighted by Crippen LogP contribution is 2.27. The van der Waals surface area contributed by atoms with Gasteiger partial charge in [0.15, 0.2) is 17.2 Å². The van der Waals surface area contributed by atoms with Gasteiger partial charge in [-0.15, -0.1) is 0 Å². The smallest absolute Gasteiger partial charge is 0.256 e. The van der Waals surface area contributed by atoms with Gasteiger partial charge in [-0.25, -0.2) is 15.0 Å². The lowest BCUT2D eigenvalue weighted by atomic mass is 10.1. The minimum atomic E-state index is -0.299. The summed E-state index contributed by atoms with van der Waals surface area (Å²) in [5.41, 5.74) is 3.74. The number of fused-ring (bicyclic) bond motifs is 1. The minimum absolute atomic E-state index is 0.299. The molecule has 1 aromatic carbocycles. The number of carbonyl (C=O) groups is 1. The Labute approximate surface area is 177 Å². The summed E-state index contributed by atoms with van der Waals surface area (Å²) in [6, 6.07) is 14.9. The molecule has 4 heterocycles. The molecule has 1 N–H and O–H groups in total. The van der Waals surface area contributed by atoms with E-state index < -0.39 is 0 Å². The number of rotatable bonds is 4. The molecule has 31 heavy (non-hydrogen) atoms. The van der Waals surface area contributed by atoms with Gasteiger partial charge in [0, 0.05) is 12.6 Å². The van der Waals surface area contributed by atoms with E-state index in [0.717, 1.165) is 11.3 Å². The van der Waals surface area contributed by atoms with Crippen LogP contribution in [0.3, 0.4) is 0 Å². The van der Waals surface area contributed by atoms with E-state index in [4.69, 9.17) is 4.42 Å². The van der Waals surface area contributed by atoms with E-state index in [1.165, 1.54) is 0 Å². The van der Waals surface area contributed by atoms with E-state index >= 15 is 0 Å². The van der Waals surface area contributed by atoms with Gasteiger partial charge in [0.05, 0.1) is 41.0 Å². The molecule has 152 valence electrons. The summed E-state index contributed by atoms with van der Waals surface area (Å²) in [6.07, 6.45) is 4.76. The second kappa shape index (κ2) is 7.49. The maximum absolute atomic E-state index is 13.2. The van der Waals surface area contributed by atoms with Crippen LogP contribution < -0.4 is 5.32 Å². The van der Waals surface area contributed by atoms with E-state index in [-0.39, 0.29) is 5.91 Å². The molecule has 0 saturated carbocycles. The second-order valence-electron chi connectivity index (χ2n) is 7.06. The number of furan rings is 1. The molecule has 8 nitrogen and oxygen atoms in total. The third kappa shape index (κ3) is 3.44. The number of hydrogen-bond donors (Lipinski definition) is 1. The van der Waals surface area contributed by atoms with Crippen LogP contribution >= 0.6 is 0 Å². The second-order valence-corrected chi connectivity index (χ2v) is 7.06. The average Bonchev–Trinajstić information content (AvgIpc) is 3.43. The van der Waals surface area contributed by atoms with Gasteiger partial charge in [0.1, 0.15) is 5.69 Å². The Morgan fingerprint density at radius 2 is 1.84 bits per heavy atom. The van der Waals surface area contributed by atoms with Crippen LogP contribution in [0.2, 0.25) is 0 Å². The summed E-state index contributed by atoms with van der Waals surface area (Å²) in [5.74, 6) is 0.867. The van der Waals surface area contributed by atoms with E-state index in [1.54, 1.807) is 48.6 Å². The number of hydrogen-bond acceptors (Lipinski definition) is 6. The monoisotopic (exact) mass is 410 g/mol. The van der Waals surface area contributed by atoms with Crippen LogP contribution in [-0.4, -0.2) is 30.6 Å². The molecule has 8 heteroatoms. The molecule has 0 atom stereocenters. The number of aryl methyl sites for hydroxylation is 2. The number of pyridine rings is 1. The Hall–Kier alpha value is -4.33. The average molecular weight is 410 g/mol. The molecule has 0 fully saturated rings. The summed E-state index contributed by atoms with van der Waals surface area (Å²) < 4.78 is 7.14. The van der Waals surface area contributed by atoms with Crippen molar-refractivity contribution in [3.63, 3.8) is 0 Å². The number of amides is 1. The number of nitrogens with zero attached hydrogens (tertiary/aromatic N) is 5. The Morgan fingerprint density at radius 1 is 1.06 bits per heavy atom. The van der Waals surface area contributed by atoms with E-state index in [9.17, 15) is 4.79 Å². The summed E-state index contributed by atoms with van der Waals surface area (Å²) >= 11 is 0. The topological polar surface area (TPSA) is 98.7 Å². The quantitative estimate of drug-likeness (QED) is 0.476. The van der Waals surface area contributed by atoms with Crippen LogP contribution in [0.1, 0.15) is 16.1 Å². The fourth-order valence-corrected chi connectivity index (χ4v) is 3.50. The lowest BCUT2D eigenvalue weighted by molar-refractivity contribution is 0.102. The summed E-state index contributed by atoms with van der Waals surface area (Å²) in [4.78, 5) is 26.6. The molecular weight excluding hydrogens is 392 g/mol. The van der Waals surface area contributed by atoms with Crippen molar-refractivity contribution >= 4 is 22.6 Å². The first-order valence-corrected chi connectivity index (χ1v) is 9.67. The van der Waals surface area contributed by atoms with Gasteiger partial charge < -0.3 is 9.73 Å². The highest BCUT2D eigenvalue weighted by molar-refractivity contribution is 6.13. The van der Waals surface area contributed by atoms with Gasteiger partial charge in [-0.2, -0.15) is 5.10 Å². The van der Waals surface area contributed by atoms with Crippen LogP contribution in [0.15, 0.2) is 71.6 Å². The molecule has 0 saturated heterocycles. The van der Waals surface area contributed by atoms with Crippen LogP contribution in [-0.2, 0) is 7.05 Å². The molecule has 0 aliphatic heterocycles.